The summed E-state index contributed by atoms with van der Waals surface area (Å²) in [7, 11) is 4.58. The number of halogens is 1. The van der Waals surface area contributed by atoms with E-state index in [1.807, 2.05) is 30.3 Å². The van der Waals surface area contributed by atoms with Crippen LogP contribution in [-0.4, -0.2) is 49.5 Å². The fourth-order valence-corrected chi connectivity index (χ4v) is 3.78. The van der Waals surface area contributed by atoms with Gasteiger partial charge in [0.15, 0.2) is 23.1 Å². The largest absolute Gasteiger partial charge is 0.493 e. The number of hydrogen-bond acceptors (Lipinski definition) is 6. The molecule has 0 unspecified atom stereocenters. The Kier molecular flexibility index (Phi) is 7.83. The van der Waals surface area contributed by atoms with E-state index in [4.69, 9.17) is 14.2 Å². The van der Waals surface area contributed by atoms with Crippen LogP contribution in [0.2, 0.25) is 0 Å². The Morgan fingerprint density at radius 3 is 2.41 bits per heavy atom. The standard InChI is InChI=1S/C28H26FN3O5/c1-32(16-14-18-7-5-4-6-8-18)28(34)27(33)31-19-9-11-23(21(29)17-19)37-22-13-15-30-25-20(22)10-12-24(35-2)26(25)36-3/h4-13,15,17H,14,16H2,1-3H3,(H,31,33). The van der Waals surface area contributed by atoms with Crippen molar-refractivity contribution in [3.63, 3.8) is 0 Å². The molecule has 4 aromatic rings. The average molecular weight is 504 g/mol. The number of pyridine rings is 1. The molecule has 37 heavy (non-hydrogen) atoms. The topological polar surface area (TPSA) is 90.0 Å². The molecule has 1 heterocycles. The zero-order valence-electron chi connectivity index (χ0n) is 20.7. The molecule has 2 amide bonds. The lowest BCUT2D eigenvalue weighted by Crippen LogP contribution is -2.38. The molecule has 0 atom stereocenters. The van der Waals surface area contributed by atoms with Crippen molar-refractivity contribution in [1.82, 2.24) is 9.88 Å². The lowest BCUT2D eigenvalue weighted by Gasteiger charge is -2.17. The number of ether oxygens (including phenoxy) is 3. The maximum atomic E-state index is 14.9. The number of carbonyl (C=O) groups excluding carboxylic acids is 2. The molecule has 1 aromatic heterocycles. The fourth-order valence-electron chi connectivity index (χ4n) is 3.78. The molecular formula is C28H26FN3O5. The molecule has 1 N–H and O–H groups in total. The van der Waals surface area contributed by atoms with Crippen molar-refractivity contribution >= 4 is 28.4 Å². The van der Waals surface area contributed by atoms with Crippen LogP contribution in [-0.2, 0) is 16.0 Å². The molecule has 4 rings (SSSR count). The molecule has 0 fully saturated rings. The minimum absolute atomic E-state index is 0.0633. The number of fused-ring (bicyclic) bond motifs is 1. The van der Waals surface area contributed by atoms with Crippen molar-refractivity contribution < 1.29 is 28.2 Å². The molecule has 190 valence electrons. The monoisotopic (exact) mass is 503 g/mol. The van der Waals surface area contributed by atoms with Gasteiger partial charge in [-0.1, -0.05) is 30.3 Å². The van der Waals surface area contributed by atoms with E-state index in [9.17, 15) is 14.0 Å². The lowest BCUT2D eigenvalue weighted by atomic mass is 10.1. The van der Waals surface area contributed by atoms with Crippen molar-refractivity contribution in [2.45, 2.75) is 6.42 Å². The number of amides is 2. The van der Waals surface area contributed by atoms with Crippen LogP contribution < -0.4 is 19.5 Å². The molecule has 0 aliphatic heterocycles. The number of likely N-dealkylation sites (N-methyl/N-ethyl adjacent to an activating group) is 1. The Bertz CT molecular complexity index is 1430. The maximum absolute atomic E-state index is 14.9. The van der Waals surface area contributed by atoms with Crippen molar-refractivity contribution in [3.8, 4) is 23.0 Å². The van der Waals surface area contributed by atoms with Gasteiger partial charge in [0.2, 0.25) is 0 Å². The van der Waals surface area contributed by atoms with Crippen LogP contribution in [0.25, 0.3) is 10.9 Å². The first-order valence-electron chi connectivity index (χ1n) is 11.5. The highest BCUT2D eigenvalue weighted by Crippen LogP contribution is 2.39. The van der Waals surface area contributed by atoms with Gasteiger partial charge in [-0.15, -0.1) is 0 Å². The normalized spacial score (nSPS) is 10.6. The Morgan fingerprint density at radius 1 is 0.946 bits per heavy atom. The van der Waals surface area contributed by atoms with Crippen molar-refractivity contribution in [1.29, 1.82) is 0 Å². The third kappa shape index (κ3) is 5.78. The smallest absolute Gasteiger partial charge is 0.313 e. The number of carbonyl (C=O) groups is 2. The van der Waals surface area contributed by atoms with Crippen LogP contribution in [0.3, 0.4) is 0 Å². The number of aromatic nitrogens is 1. The summed E-state index contributed by atoms with van der Waals surface area (Å²) in [6, 6.07) is 18.6. The van der Waals surface area contributed by atoms with Gasteiger partial charge < -0.3 is 24.4 Å². The highest BCUT2D eigenvalue weighted by atomic mass is 19.1. The quantitative estimate of drug-likeness (QED) is 0.347. The summed E-state index contributed by atoms with van der Waals surface area (Å²) in [4.78, 5) is 30.5. The van der Waals surface area contributed by atoms with E-state index in [-0.39, 0.29) is 11.4 Å². The van der Waals surface area contributed by atoms with E-state index in [0.29, 0.717) is 41.1 Å². The van der Waals surface area contributed by atoms with Crippen LogP contribution in [0.4, 0.5) is 10.1 Å². The molecule has 0 saturated carbocycles. The van der Waals surface area contributed by atoms with Crippen molar-refractivity contribution in [2.75, 3.05) is 33.1 Å². The molecule has 0 bridgehead atoms. The van der Waals surface area contributed by atoms with Crippen molar-refractivity contribution in [2.24, 2.45) is 0 Å². The van der Waals surface area contributed by atoms with Gasteiger partial charge in [-0.3, -0.25) is 14.6 Å². The third-order valence-electron chi connectivity index (χ3n) is 5.74. The summed E-state index contributed by atoms with van der Waals surface area (Å²) in [5.41, 5.74) is 1.68. The number of nitrogens with one attached hydrogen (secondary N) is 1. The predicted octanol–water partition coefficient (Wildman–Crippen LogP) is 4.82. The Balaban J connectivity index is 1.44. The molecule has 0 saturated heterocycles. The van der Waals surface area contributed by atoms with Crippen LogP contribution in [0.1, 0.15) is 5.56 Å². The van der Waals surface area contributed by atoms with Crippen LogP contribution in [0.5, 0.6) is 23.0 Å². The average Bonchev–Trinajstić information content (AvgIpc) is 2.92. The number of methoxy groups -OCH3 is 2. The molecule has 0 aliphatic rings. The van der Waals surface area contributed by atoms with E-state index in [2.05, 4.69) is 10.3 Å². The molecule has 0 spiro atoms. The number of hydrogen-bond donors (Lipinski definition) is 1. The molecule has 9 heteroatoms. The van der Waals surface area contributed by atoms with Crippen molar-refractivity contribution in [3.05, 3.63) is 84.3 Å². The van der Waals surface area contributed by atoms with Crippen LogP contribution in [0, 0.1) is 5.82 Å². The minimum atomic E-state index is -0.857. The minimum Gasteiger partial charge on any atom is -0.493 e. The second-order valence-corrected chi connectivity index (χ2v) is 8.17. The van der Waals surface area contributed by atoms with E-state index in [1.165, 1.54) is 37.4 Å². The van der Waals surface area contributed by atoms with E-state index in [0.717, 1.165) is 11.6 Å². The summed E-state index contributed by atoms with van der Waals surface area (Å²) < 4.78 is 31.4. The first-order valence-corrected chi connectivity index (χ1v) is 11.5. The zero-order chi connectivity index (χ0) is 26.4. The Labute approximate surface area is 213 Å². The number of nitrogens with zero attached hydrogens (tertiary/aromatic N) is 2. The molecular weight excluding hydrogens is 477 g/mol. The lowest BCUT2D eigenvalue weighted by molar-refractivity contribution is -0.142. The van der Waals surface area contributed by atoms with Gasteiger partial charge in [0.1, 0.15) is 11.3 Å². The van der Waals surface area contributed by atoms with Gasteiger partial charge in [0, 0.05) is 36.9 Å². The van der Waals surface area contributed by atoms with Gasteiger partial charge in [-0.25, -0.2) is 4.39 Å². The third-order valence-corrected chi connectivity index (χ3v) is 5.74. The van der Waals surface area contributed by atoms with Gasteiger partial charge >= 0.3 is 11.8 Å². The summed E-state index contributed by atoms with van der Waals surface area (Å²) in [5, 5.41) is 3.04. The summed E-state index contributed by atoms with van der Waals surface area (Å²) >= 11 is 0. The van der Waals surface area contributed by atoms with E-state index >= 15 is 0 Å². The van der Waals surface area contributed by atoms with Gasteiger partial charge in [0.25, 0.3) is 0 Å². The highest BCUT2D eigenvalue weighted by Gasteiger charge is 2.20. The Hall–Kier alpha value is -4.66. The zero-order valence-corrected chi connectivity index (χ0v) is 20.7. The highest BCUT2D eigenvalue weighted by molar-refractivity contribution is 6.39. The molecule has 0 radical (unpaired) electrons. The number of anilines is 1. The van der Waals surface area contributed by atoms with Gasteiger partial charge in [0.05, 0.1) is 14.2 Å². The fraction of sp³-hybridized carbons (Fsp3) is 0.179. The number of benzene rings is 3. The second-order valence-electron chi connectivity index (χ2n) is 8.17. The van der Waals surface area contributed by atoms with E-state index in [1.54, 1.807) is 25.2 Å². The summed E-state index contributed by atoms with van der Waals surface area (Å²) in [6.45, 7) is 0.369. The Morgan fingerprint density at radius 2 is 1.70 bits per heavy atom. The second kappa shape index (κ2) is 11.4. The predicted molar refractivity (Wildman–Crippen MR) is 138 cm³/mol. The first-order chi connectivity index (χ1) is 17.9. The molecule has 0 aliphatic carbocycles. The maximum Gasteiger partial charge on any atom is 0.313 e. The van der Waals surface area contributed by atoms with Gasteiger partial charge in [-0.2, -0.15) is 0 Å². The number of rotatable bonds is 8. The van der Waals surface area contributed by atoms with Gasteiger partial charge in [-0.05, 0) is 42.3 Å². The van der Waals surface area contributed by atoms with E-state index < -0.39 is 17.6 Å². The first kappa shape index (κ1) is 25.4. The summed E-state index contributed by atoms with van der Waals surface area (Å²) in [6.07, 6.45) is 2.13. The van der Waals surface area contributed by atoms with Crippen LogP contribution in [0.15, 0.2) is 72.9 Å². The molecule has 3 aromatic carbocycles. The molecule has 8 nitrogen and oxygen atoms in total. The SMILES string of the molecule is COc1ccc2c(Oc3ccc(NC(=O)C(=O)N(C)CCc4ccccc4)cc3F)ccnc2c1OC. The van der Waals surface area contributed by atoms with Crippen LogP contribution >= 0.6 is 0 Å². The summed E-state index contributed by atoms with van der Waals surface area (Å²) in [5.74, 6) is -1.06.